The molecule has 2 aromatic heterocycles. The number of nitrogens with two attached hydrogens (primary N) is 1. The van der Waals surface area contributed by atoms with Crippen LogP contribution in [0.25, 0.3) is 11.2 Å². The smallest absolute Gasteiger partial charge is 0.759 e. The number of carbonyl (C=O) groups excluding carboxylic acids is 2. The van der Waals surface area contributed by atoms with E-state index in [9.17, 15) is 28.8 Å². The van der Waals surface area contributed by atoms with E-state index in [1.807, 2.05) is 11.8 Å². The van der Waals surface area contributed by atoms with Crippen molar-refractivity contribution in [2.75, 3.05) is 16.8 Å². The van der Waals surface area contributed by atoms with E-state index in [0.717, 1.165) is 25.0 Å². The molecule has 4 atom stereocenters. The first-order valence-corrected chi connectivity index (χ1v) is 18.0. The van der Waals surface area contributed by atoms with Gasteiger partial charge in [-0.05, 0) is 43.5 Å². The Morgan fingerprint density at radius 1 is 1.00 bits per heavy atom. The average molecular weight is 837 g/mol. The molecule has 4 heterocycles. The van der Waals surface area contributed by atoms with E-state index in [0.29, 0.717) is 16.6 Å². The molecule has 0 unspecified atom stereocenters. The Morgan fingerprint density at radius 2 is 1.65 bits per heavy atom. The number of carboxylic acids is 3. The van der Waals surface area contributed by atoms with E-state index in [1.165, 1.54) is 18.3 Å². The van der Waals surface area contributed by atoms with Crippen LogP contribution in [-0.2, 0) is 48.4 Å². The number of carboxylic acid groups (broad SMARTS) is 3. The van der Waals surface area contributed by atoms with Crippen molar-refractivity contribution in [2.45, 2.75) is 68.4 Å². The fourth-order valence-electron chi connectivity index (χ4n) is 5.02. The van der Waals surface area contributed by atoms with Crippen LogP contribution in [0.3, 0.4) is 0 Å². The molecule has 2 saturated heterocycles. The normalized spacial score (nSPS) is 17.4. The molecule has 5 rings (SSSR count). The van der Waals surface area contributed by atoms with E-state index < -0.39 is 45.8 Å². The van der Waals surface area contributed by atoms with Gasteiger partial charge in [-0.1, -0.05) is 6.42 Å². The second-order valence-electron chi connectivity index (χ2n) is 11.4. The van der Waals surface area contributed by atoms with E-state index in [2.05, 4.69) is 41.2 Å². The van der Waals surface area contributed by atoms with Gasteiger partial charge in [0.25, 0.3) is 11.5 Å². The molecule has 0 spiro atoms. The minimum atomic E-state index is -5.17. The van der Waals surface area contributed by atoms with Crippen LogP contribution in [-0.4, -0.2) is 112 Å². The Labute approximate surface area is 320 Å². The minimum absolute atomic E-state index is 0. The number of urea groups is 1. The number of nitrogens with zero attached hydrogens (tertiary/aromatic N) is 3. The molecule has 293 valence electrons. The van der Waals surface area contributed by atoms with Crippen LogP contribution in [0.2, 0.25) is 0 Å². The van der Waals surface area contributed by atoms with E-state index in [1.54, 1.807) is 12.1 Å². The third-order valence-electron chi connectivity index (χ3n) is 7.42. The predicted molar refractivity (Wildman–Crippen MR) is 184 cm³/mol. The molecule has 3 amide bonds. The Hall–Kier alpha value is -5.07. The molecule has 2 aliphatic heterocycles. The van der Waals surface area contributed by atoms with E-state index in [4.69, 9.17) is 38.6 Å². The summed E-state index contributed by atoms with van der Waals surface area (Å²) < 4.78 is 34.1. The summed E-state index contributed by atoms with van der Waals surface area (Å²) in [5, 5.41) is 38.0. The number of fused-ring (bicyclic) bond motifs is 2. The number of benzene rings is 1. The maximum absolute atomic E-state index is 12.3. The van der Waals surface area contributed by atoms with Gasteiger partial charge in [-0.15, -0.1) is 0 Å². The van der Waals surface area contributed by atoms with Gasteiger partial charge in [0.2, 0.25) is 5.95 Å². The fourth-order valence-corrected chi connectivity index (χ4v) is 6.56. The number of hydrogen-bond acceptors (Lipinski definition) is 16. The van der Waals surface area contributed by atoms with Crippen molar-refractivity contribution >= 4 is 74.8 Å². The molecule has 0 aliphatic carbocycles. The molecular weight excluding hydrogens is 801 g/mol. The molecule has 10 N–H and O–H groups in total. The van der Waals surface area contributed by atoms with Gasteiger partial charge in [-0.3, -0.25) is 32.6 Å². The van der Waals surface area contributed by atoms with Crippen LogP contribution in [0.15, 0.2) is 35.3 Å². The molecule has 54 heavy (non-hydrogen) atoms. The molecule has 0 bridgehead atoms. The SMILES string of the molecule is Nc1nc2ncc(CNc3ccc(C(=O)N[C@@H](CCC(=O)O)C(=O)O)cc3)nc2c(=O)[nH]1.O=C(O)CCCC[C@@H]1SC[C@@H]2NC(=O)N[C@@H]21.O=S(=O)([O-])[O-].[Mn+2]. The average Bonchev–Trinajstić information content (AvgIpc) is 3.62. The number of hydrogen-bond donors (Lipinski definition) is 9. The maximum atomic E-state index is 12.3. The zero-order chi connectivity index (χ0) is 39.3. The molecule has 22 nitrogen and oxygen atoms in total. The van der Waals surface area contributed by atoms with Crippen LogP contribution < -0.4 is 32.6 Å². The number of aromatic amines is 1. The van der Waals surface area contributed by atoms with Gasteiger partial charge in [-0.25, -0.2) is 19.6 Å². The van der Waals surface area contributed by atoms with Crippen molar-refractivity contribution in [2.24, 2.45) is 0 Å². The standard InChI is InChI=1S/C19H19N7O6.C10H16N2O3S.Mn.H2O4S/c20-19-25-15-14(17(30)26-19)23-11(8-22-15)7-21-10-3-1-9(2-4-10)16(29)24-12(18(31)32)5-6-13(27)28;13-8(14)4-2-1-3-7-9-6(5-16-7)11-10(15)12-9;;1-5(2,3)4/h1-4,8,12,21H,5-7H2,(H,24,29)(H,27,28)(H,31,32)(H3,20,22,25,26,30);6-7,9H,1-5H2,(H,13,14)(H2,11,12,15);;(H2,1,2,3,4)/q;;+2;/p-2/t12-;6-,7-,9-;;/m00../s1. The zero-order valence-corrected chi connectivity index (χ0v) is 30.7. The number of rotatable bonds is 14. The van der Waals surface area contributed by atoms with Crippen molar-refractivity contribution in [1.29, 1.82) is 0 Å². The summed E-state index contributed by atoms with van der Waals surface area (Å²) in [5.74, 6) is -2.92. The number of amides is 3. The van der Waals surface area contributed by atoms with Gasteiger partial charge in [0, 0.05) is 45.5 Å². The van der Waals surface area contributed by atoms with Gasteiger partial charge in [0.05, 0.1) is 30.5 Å². The molecular formula is C29H35MnN9O13S2. The Balaban J connectivity index is 0.000000380. The number of nitrogens with one attached hydrogen (secondary N) is 5. The van der Waals surface area contributed by atoms with E-state index in [-0.39, 0.29) is 83.7 Å². The van der Waals surface area contributed by atoms with Crippen LogP contribution >= 0.6 is 11.8 Å². The van der Waals surface area contributed by atoms with Crippen LogP contribution in [0.1, 0.15) is 54.6 Å². The first kappa shape index (κ1) is 45.1. The molecule has 25 heteroatoms. The second-order valence-corrected chi connectivity index (χ2v) is 13.5. The van der Waals surface area contributed by atoms with Crippen molar-refractivity contribution in [3.8, 4) is 0 Å². The number of aliphatic carboxylic acids is 3. The summed E-state index contributed by atoms with van der Waals surface area (Å²) in [5.41, 5.74) is 6.47. The molecule has 2 fully saturated rings. The van der Waals surface area contributed by atoms with Crippen molar-refractivity contribution < 1.29 is 73.9 Å². The van der Waals surface area contributed by atoms with Gasteiger partial charge < -0.3 is 51.4 Å². The van der Waals surface area contributed by atoms with Crippen LogP contribution in [0.4, 0.5) is 16.4 Å². The molecule has 0 saturated carbocycles. The quantitative estimate of drug-likeness (QED) is 0.0322. The number of carbonyl (C=O) groups is 5. The summed E-state index contributed by atoms with van der Waals surface area (Å²) in [6.07, 6.45) is 3.72. The number of thioether (sulfide) groups is 1. The summed E-state index contributed by atoms with van der Waals surface area (Å²) >= 11 is 1.87. The summed E-state index contributed by atoms with van der Waals surface area (Å²) in [4.78, 5) is 82.0. The molecule has 1 aromatic carbocycles. The van der Waals surface area contributed by atoms with Gasteiger partial charge in [0.15, 0.2) is 11.2 Å². The second kappa shape index (κ2) is 21.0. The largest absolute Gasteiger partial charge is 2.00 e. The Kier molecular flexibility index (Phi) is 17.5. The summed E-state index contributed by atoms with van der Waals surface area (Å²) in [7, 11) is -5.17. The monoisotopic (exact) mass is 836 g/mol. The Morgan fingerprint density at radius 3 is 2.26 bits per heavy atom. The third kappa shape index (κ3) is 15.5. The maximum Gasteiger partial charge on any atom is 2.00 e. The molecule has 2 aliphatic rings. The molecule has 1 radical (unpaired) electrons. The topological polar surface area (TPSA) is 372 Å². The number of aromatic nitrogens is 4. The minimum Gasteiger partial charge on any atom is -0.759 e. The number of unbranched alkanes of at least 4 members (excludes halogenated alkanes) is 1. The van der Waals surface area contributed by atoms with Gasteiger partial charge in [0.1, 0.15) is 6.04 Å². The van der Waals surface area contributed by atoms with Crippen molar-refractivity contribution in [3.05, 3.63) is 52.1 Å². The fraction of sp³-hybridized carbons (Fsp3) is 0.414. The number of H-pyrrole nitrogens is 1. The van der Waals surface area contributed by atoms with Crippen LogP contribution in [0, 0.1) is 0 Å². The third-order valence-corrected chi connectivity index (χ3v) is 8.93. The van der Waals surface area contributed by atoms with Crippen molar-refractivity contribution in [1.82, 2.24) is 35.9 Å². The van der Waals surface area contributed by atoms with Gasteiger partial charge in [-0.2, -0.15) is 16.7 Å². The zero-order valence-electron chi connectivity index (χ0n) is 27.9. The summed E-state index contributed by atoms with van der Waals surface area (Å²) in [6, 6.07) is 5.30. The first-order chi connectivity index (χ1) is 24.9. The van der Waals surface area contributed by atoms with Crippen LogP contribution in [0.5, 0.6) is 0 Å². The molecule has 3 aromatic rings. The number of anilines is 2. The first-order valence-electron chi connectivity index (χ1n) is 15.6. The Bertz CT molecular complexity index is 1960. The van der Waals surface area contributed by atoms with E-state index >= 15 is 0 Å². The number of nitrogen functional groups attached to an aromatic ring is 1. The summed E-state index contributed by atoms with van der Waals surface area (Å²) in [6.45, 7) is 0.231. The predicted octanol–water partition coefficient (Wildman–Crippen LogP) is -0.588. The van der Waals surface area contributed by atoms with Crippen molar-refractivity contribution in [3.63, 3.8) is 0 Å². The van der Waals surface area contributed by atoms with Gasteiger partial charge >= 0.3 is 41.0 Å².